The second-order valence-corrected chi connectivity index (χ2v) is 6.75. The molecule has 0 fully saturated rings. The third-order valence-electron chi connectivity index (χ3n) is 2.90. The van der Waals surface area contributed by atoms with Crippen LogP contribution in [0.4, 0.5) is 0 Å². The molecule has 0 radical (unpaired) electrons. The fourth-order valence-corrected chi connectivity index (χ4v) is 3.20. The van der Waals surface area contributed by atoms with Crippen LogP contribution >= 0.6 is 23.5 Å². The van der Waals surface area contributed by atoms with Crippen LogP contribution in [0.5, 0.6) is 0 Å². The molecule has 0 bridgehead atoms. The Bertz CT molecular complexity index is 760. The first-order chi connectivity index (χ1) is 11.8. The van der Waals surface area contributed by atoms with Gasteiger partial charge in [0.25, 0.3) is 11.1 Å². The van der Waals surface area contributed by atoms with Gasteiger partial charge < -0.3 is 14.2 Å². The first-order valence-corrected chi connectivity index (χ1v) is 9.23. The van der Waals surface area contributed by atoms with E-state index < -0.39 is 0 Å². The Morgan fingerprint density at radius 3 is 2.75 bits per heavy atom. The molecule has 2 heterocycles. The highest BCUT2D eigenvalue weighted by molar-refractivity contribution is 7.99. The molecule has 0 aliphatic carbocycles. The molecule has 3 aromatic rings. The van der Waals surface area contributed by atoms with E-state index >= 15 is 0 Å². The summed E-state index contributed by atoms with van der Waals surface area (Å²) in [5.74, 6) is 1.81. The quantitative estimate of drug-likeness (QED) is 0.487. The third kappa shape index (κ3) is 4.90. The van der Waals surface area contributed by atoms with Gasteiger partial charge in [0.1, 0.15) is 0 Å². The Morgan fingerprint density at radius 2 is 1.96 bits per heavy atom. The van der Waals surface area contributed by atoms with Gasteiger partial charge in [0.2, 0.25) is 5.91 Å². The van der Waals surface area contributed by atoms with Crippen molar-refractivity contribution in [3.8, 4) is 11.7 Å². The molecule has 0 aliphatic heterocycles. The van der Waals surface area contributed by atoms with E-state index in [2.05, 4.69) is 27.6 Å². The molecule has 6 nitrogen and oxygen atoms in total. The summed E-state index contributed by atoms with van der Waals surface area (Å²) in [6.45, 7) is 0.612. The fraction of sp³-hybridized carbons (Fsp3) is 0.188. The zero-order valence-electron chi connectivity index (χ0n) is 12.7. The number of furan rings is 1. The first-order valence-electron chi connectivity index (χ1n) is 7.26. The van der Waals surface area contributed by atoms with Crippen LogP contribution in [-0.2, 0) is 4.79 Å². The summed E-state index contributed by atoms with van der Waals surface area (Å²) in [7, 11) is 0. The summed E-state index contributed by atoms with van der Waals surface area (Å²) < 4.78 is 10.6. The number of nitrogens with zero attached hydrogens (tertiary/aromatic N) is 2. The van der Waals surface area contributed by atoms with Crippen molar-refractivity contribution >= 4 is 29.4 Å². The molecule has 1 N–H and O–H groups in total. The largest absolute Gasteiger partial charge is 0.459 e. The van der Waals surface area contributed by atoms with Gasteiger partial charge in [-0.3, -0.25) is 4.79 Å². The SMILES string of the molecule is O=C(CSc1nnc(-c2ccco2)o1)NCCSc1ccccc1. The lowest BCUT2D eigenvalue weighted by Gasteiger charge is -2.04. The smallest absolute Gasteiger partial charge is 0.284 e. The zero-order valence-corrected chi connectivity index (χ0v) is 14.3. The van der Waals surface area contributed by atoms with Gasteiger partial charge in [0.15, 0.2) is 5.76 Å². The van der Waals surface area contributed by atoms with Gasteiger partial charge in [-0.15, -0.1) is 22.0 Å². The molecule has 124 valence electrons. The van der Waals surface area contributed by atoms with E-state index in [-0.39, 0.29) is 11.7 Å². The summed E-state index contributed by atoms with van der Waals surface area (Å²) in [4.78, 5) is 13.0. The van der Waals surface area contributed by atoms with Gasteiger partial charge in [-0.25, -0.2) is 0 Å². The average molecular weight is 361 g/mol. The molecule has 3 rings (SSSR count). The molecule has 24 heavy (non-hydrogen) atoms. The molecule has 0 spiro atoms. The highest BCUT2D eigenvalue weighted by Gasteiger charge is 2.12. The van der Waals surface area contributed by atoms with Crippen LogP contribution in [0.2, 0.25) is 0 Å². The fourth-order valence-electron chi connectivity index (χ4n) is 1.82. The Morgan fingerprint density at radius 1 is 1.08 bits per heavy atom. The lowest BCUT2D eigenvalue weighted by molar-refractivity contribution is -0.118. The van der Waals surface area contributed by atoms with Crippen molar-refractivity contribution in [2.75, 3.05) is 18.1 Å². The van der Waals surface area contributed by atoms with Crippen molar-refractivity contribution in [1.29, 1.82) is 0 Å². The van der Waals surface area contributed by atoms with Crippen LogP contribution in [0.15, 0.2) is 67.7 Å². The molecule has 1 aromatic carbocycles. The number of amides is 1. The maximum Gasteiger partial charge on any atom is 0.284 e. The van der Waals surface area contributed by atoms with Crippen LogP contribution in [0.1, 0.15) is 0 Å². The van der Waals surface area contributed by atoms with E-state index in [0.29, 0.717) is 23.4 Å². The van der Waals surface area contributed by atoms with E-state index in [1.165, 1.54) is 22.9 Å². The molecule has 1 amide bonds. The van der Waals surface area contributed by atoms with Gasteiger partial charge in [0.05, 0.1) is 12.0 Å². The number of nitrogens with one attached hydrogen (secondary N) is 1. The number of thioether (sulfide) groups is 2. The van der Waals surface area contributed by atoms with Crippen molar-refractivity contribution in [3.05, 3.63) is 48.7 Å². The summed E-state index contributed by atoms with van der Waals surface area (Å²) >= 11 is 2.91. The molecule has 2 aromatic heterocycles. The molecule has 0 unspecified atom stereocenters. The molecular weight excluding hydrogens is 346 g/mol. The van der Waals surface area contributed by atoms with Crippen LogP contribution in [0.25, 0.3) is 11.7 Å². The van der Waals surface area contributed by atoms with Crippen LogP contribution in [0.3, 0.4) is 0 Å². The minimum atomic E-state index is -0.0635. The zero-order chi connectivity index (χ0) is 16.6. The topological polar surface area (TPSA) is 81.2 Å². The number of rotatable bonds is 8. The molecule has 8 heteroatoms. The summed E-state index contributed by atoms with van der Waals surface area (Å²) in [5, 5.41) is 11.0. The van der Waals surface area contributed by atoms with Crippen molar-refractivity contribution in [2.24, 2.45) is 0 Å². The van der Waals surface area contributed by atoms with E-state index in [1.807, 2.05) is 18.2 Å². The van der Waals surface area contributed by atoms with Crippen molar-refractivity contribution in [2.45, 2.75) is 10.1 Å². The minimum Gasteiger partial charge on any atom is -0.459 e. The van der Waals surface area contributed by atoms with Gasteiger partial charge in [-0.1, -0.05) is 30.0 Å². The minimum absolute atomic E-state index is 0.0635. The number of benzene rings is 1. The number of hydrogen-bond acceptors (Lipinski definition) is 7. The maximum atomic E-state index is 11.8. The van der Waals surface area contributed by atoms with Gasteiger partial charge in [-0.05, 0) is 24.3 Å². The normalized spacial score (nSPS) is 10.7. The van der Waals surface area contributed by atoms with Crippen molar-refractivity contribution < 1.29 is 13.6 Å². The average Bonchev–Trinajstić information content (AvgIpc) is 3.29. The third-order valence-corrected chi connectivity index (χ3v) is 4.73. The van der Waals surface area contributed by atoms with E-state index in [0.717, 1.165) is 5.75 Å². The highest BCUT2D eigenvalue weighted by Crippen LogP contribution is 2.23. The molecule has 0 saturated carbocycles. The van der Waals surface area contributed by atoms with Gasteiger partial charge >= 0.3 is 0 Å². The number of carbonyl (C=O) groups excluding carboxylic acids is 1. The van der Waals surface area contributed by atoms with Gasteiger partial charge in [0, 0.05) is 17.2 Å². The maximum absolute atomic E-state index is 11.8. The molecule has 0 atom stereocenters. The van der Waals surface area contributed by atoms with E-state index in [4.69, 9.17) is 8.83 Å². The number of hydrogen-bond donors (Lipinski definition) is 1. The number of carbonyl (C=O) groups is 1. The molecular formula is C16H15N3O3S2. The summed E-state index contributed by atoms with van der Waals surface area (Å²) in [6.07, 6.45) is 1.53. The lowest BCUT2D eigenvalue weighted by Crippen LogP contribution is -2.27. The van der Waals surface area contributed by atoms with Crippen LogP contribution in [-0.4, -0.2) is 34.2 Å². The standard InChI is InChI=1S/C16H15N3O3S2/c20-14(17-8-10-23-12-5-2-1-3-6-12)11-24-16-19-18-15(22-16)13-7-4-9-21-13/h1-7,9H,8,10-11H2,(H,17,20). The van der Waals surface area contributed by atoms with Crippen LogP contribution < -0.4 is 5.32 Å². The second kappa shape index (κ2) is 8.60. The first kappa shape index (κ1) is 16.7. The predicted molar refractivity (Wildman–Crippen MR) is 92.9 cm³/mol. The van der Waals surface area contributed by atoms with E-state index in [9.17, 15) is 4.79 Å². The van der Waals surface area contributed by atoms with Crippen LogP contribution in [0, 0.1) is 0 Å². The van der Waals surface area contributed by atoms with E-state index in [1.54, 1.807) is 23.9 Å². The predicted octanol–water partition coefficient (Wildman–Crippen LogP) is 3.33. The Hall–Kier alpha value is -2.19. The summed E-state index contributed by atoms with van der Waals surface area (Å²) in [6, 6.07) is 13.6. The second-order valence-electron chi connectivity index (χ2n) is 4.65. The Kier molecular flexibility index (Phi) is 5.97. The molecule has 0 saturated heterocycles. The highest BCUT2D eigenvalue weighted by atomic mass is 32.2. The molecule has 0 aliphatic rings. The Labute approximate surface area is 147 Å². The number of aromatic nitrogens is 2. The van der Waals surface area contributed by atoms with Crippen molar-refractivity contribution in [1.82, 2.24) is 15.5 Å². The van der Waals surface area contributed by atoms with Gasteiger partial charge in [-0.2, -0.15) is 0 Å². The van der Waals surface area contributed by atoms with Crippen molar-refractivity contribution in [3.63, 3.8) is 0 Å². The monoisotopic (exact) mass is 361 g/mol. The Balaban J connectivity index is 1.35. The lowest BCUT2D eigenvalue weighted by atomic mass is 10.4. The summed E-state index contributed by atoms with van der Waals surface area (Å²) in [5.41, 5.74) is 0.